The summed E-state index contributed by atoms with van der Waals surface area (Å²) in [5, 5.41) is 13.6. The molecule has 0 saturated heterocycles. The van der Waals surface area contributed by atoms with Crippen molar-refractivity contribution in [2.75, 3.05) is 14.2 Å². The van der Waals surface area contributed by atoms with Crippen LogP contribution in [0.2, 0.25) is 0 Å². The summed E-state index contributed by atoms with van der Waals surface area (Å²) in [5.41, 5.74) is -0.566. The first-order valence-electron chi connectivity index (χ1n) is 10.7. The van der Waals surface area contributed by atoms with Crippen LogP contribution in [0.3, 0.4) is 0 Å². The molecule has 1 amide bonds. The van der Waals surface area contributed by atoms with Crippen molar-refractivity contribution in [2.24, 2.45) is 4.99 Å². The zero-order valence-electron chi connectivity index (χ0n) is 19.8. The van der Waals surface area contributed by atoms with E-state index in [9.17, 15) is 19.5 Å². The summed E-state index contributed by atoms with van der Waals surface area (Å²) < 4.78 is 15.4. The predicted molar refractivity (Wildman–Crippen MR) is 126 cm³/mol. The fourth-order valence-corrected chi connectivity index (χ4v) is 3.38. The van der Waals surface area contributed by atoms with Crippen LogP contribution in [0.5, 0.6) is 0 Å². The molecule has 2 aromatic carbocycles. The van der Waals surface area contributed by atoms with Crippen LogP contribution in [0.15, 0.2) is 77.1 Å². The molecule has 3 rings (SSSR count). The van der Waals surface area contributed by atoms with Crippen molar-refractivity contribution in [1.29, 1.82) is 0 Å². The van der Waals surface area contributed by atoms with E-state index < -0.39 is 35.5 Å². The van der Waals surface area contributed by atoms with E-state index in [0.717, 1.165) is 12.7 Å². The lowest BCUT2D eigenvalue weighted by molar-refractivity contribution is -0.136. The number of nitrogens with zero attached hydrogens (tertiary/aromatic N) is 2. The Morgan fingerprint density at radius 3 is 2.23 bits per heavy atom. The third kappa shape index (κ3) is 6.04. The lowest BCUT2D eigenvalue weighted by Gasteiger charge is -2.39. The highest BCUT2D eigenvalue weighted by atomic mass is 16.6. The number of carbonyl (C=O) groups is 3. The summed E-state index contributed by atoms with van der Waals surface area (Å²) in [6, 6.07) is 17.2. The van der Waals surface area contributed by atoms with E-state index in [2.05, 4.69) is 10.3 Å². The van der Waals surface area contributed by atoms with Gasteiger partial charge in [-0.05, 0) is 31.5 Å². The highest BCUT2D eigenvalue weighted by Crippen LogP contribution is 2.27. The second-order valence-electron chi connectivity index (χ2n) is 8.19. The van der Waals surface area contributed by atoms with Crippen molar-refractivity contribution in [1.82, 2.24) is 10.2 Å². The Morgan fingerprint density at radius 1 is 1.03 bits per heavy atom. The zero-order valence-corrected chi connectivity index (χ0v) is 19.8. The molecule has 1 aliphatic heterocycles. The van der Waals surface area contributed by atoms with Crippen LogP contribution < -0.4 is 5.32 Å². The Kier molecular flexibility index (Phi) is 7.87. The Bertz CT molecular complexity index is 1140. The third-order valence-corrected chi connectivity index (χ3v) is 5.16. The van der Waals surface area contributed by atoms with Gasteiger partial charge in [0.1, 0.15) is 12.4 Å². The van der Waals surface area contributed by atoms with Crippen LogP contribution in [0.25, 0.3) is 0 Å². The topological polar surface area (TPSA) is 127 Å². The minimum Gasteiger partial charge on any atom is -0.464 e. The van der Waals surface area contributed by atoms with Gasteiger partial charge >= 0.3 is 18.0 Å². The Morgan fingerprint density at radius 2 is 1.63 bits per heavy atom. The standard InChI is InChI=1S/C25H27N3O7/c1-25(2,27-24(32)34-15-16-11-7-5-8-12-16)23-26-18(22(31)33-4)19(20(29)28(23)3)35-21(30)17-13-9-6-10-14-17/h5-14,20,29H,15H2,1-4H3,(H,27,32). The number of ether oxygens (including phenoxy) is 3. The molecular formula is C25H27N3O7. The maximum absolute atomic E-state index is 12.6. The number of aliphatic hydroxyl groups excluding tert-OH is 1. The normalized spacial score (nSPS) is 15.7. The van der Waals surface area contributed by atoms with Crippen molar-refractivity contribution < 1.29 is 33.7 Å². The van der Waals surface area contributed by atoms with Gasteiger partial charge in [0.05, 0.1) is 18.2 Å². The molecule has 1 aliphatic rings. The van der Waals surface area contributed by atoms with Gasteiger partial charge in [-0.15, -0.1) is 0 Å². The second kappa shape index (κ2) is 10.8. The number of rotatable bonds is 7. The number of esters is 2. The molecule has 0 saturated carbocycles. The Balaban J connectivity index is 1.85. The number of carbonyl (C=O) groups excluding carboxylic acids is 3. The summed E-state index contributed by atoms with van der Waals surface area (Å²) in [5.74, 6) is -1.98. The molecule has 2 aromatic rings. The number of aliphatic imine (C=N–C) groups is 1. The van der Waals surface area contributed by atoms with E-state index in [-0.39, 0.29) is 23.8 Å². The van der Waals surface area contributed by atoms with Crippen molar-refractivity contribution in [2.45, 2.75) is 32.2 Å². The number of aliphatic hydroxyl groups is 1. The van der Waals surface area contributed by atoms with Crippen LogP contribution in [0.4, 0.5) is 4.79 Å². The first-order chi connectivity index (χ1) is 16.6. The van der Waals surface area contributed by atoms with Crippen LogP contribution in [-0.4, -0.2) is 59.8 Å². The smallest absolute Gasteiger partial charge is 0.408 e. The van der Waals surface area contributed by atoms with Gasteiger partial charge in [-0.3, -0.25) is 0 Å². The predicted octanol–water partition coefficient (Wildman–Crippen LogP) is 2.60. The SMILES string of the molecule is COC(=O)C1=C(OC(=O)c2ccccc2)C(O)N(C)C(C(C)(C)NC(=O)OCc2ccccc2)=N1. The molecule has 35 heavy (non-hydrogen) atoms. The molecule has 10 nitrogen and oxygen atoms in total. The molecule has 0 spiro atoms. The van der Waals surface area contributed by atoms with Gasteiger partial charge in [0.15, 0.2) is 17.7 Å². The average molecular weight is 482 g/mol. The summed E-state index contributed by atoms with van der Waals surface area (Å²) >= 11 is 0. The monoisotopic (exact) mass is 481 g/mol. The minimum absolute atomic E-state index is 0.0561. The van der Waals surface area contributed by atoms with Gasteiger partial charge in [0.2, 0.25) is 0 Å². The van der Waals surface area contributed by atoms with E-state index >= 15 is 0 Å². The molecule has 0 bridgehead atoms. The van der Waals surface area contributed by atoms with Crippen molar-refractivity contribution in [3.8, 4) is 0 Å². The summed E-state index contributed by atoms with van der Waals surface area (Å²) in [6.07, 6.45) is -2.29. The molecule has 10 heteroatoms. The number of alkyl carbamates (subject to hydrolysis) is 1. The second-order valence-corrected chi connectivity index (χ2v) is 8.19. The van der Waals surface area contributed by atoms with Gasteiger partial charge in [0.25, 0.3) is 0 Å². The van der Waals surface area contributed by atoms with E-state index in [1.54, 1.807) is 32.0 Å². The van der Waals surface area contributed by atoms with Gasteiger partial charge in [-0.25, -0.2) is 19.4 Å². The fraction of sp³-hybridized carbons (Fsp3) is 0.280. The van der Waals surface area contributed by atoms with Crippen molar-refractivity contribution in [3.05, 3.63) is 83.2 Å². The van der Waals surface area contributed by atoms with E-state index in [4.69, 9.17) is 14.2 Å². The number of nitrogens with one attached hydrogen (secondary N) is 1. The zero-order chi connectivity index (χ0) is 25.6. The number of hydrogen-bond acceptors (Lipinski definition) is 9. The summed E-state index contributed by atoms with van der Waals surface area (Å²) in [7, 11) is 2.61. The third-order valence-electron chi connectivity index (χ3n) is 5.16. The molecule has 1 atom stereocenters. The number of likely N-dealkylation sites (N-methyl/N-ethyl adjacent to an activating group) is 1. The van der Waals surface area contributed by atoms with Gasteiger partial charge in [-0.2, -0.15) is 0 Å². The van der Waals surface area contributed by atoms with Crippen LogP contribution >= 0.6 is 0 Å². The van der Waals surface area contributed by atoms with E-state index in [0.29, 0.717) is 0 Å². The Hall–Kier alpha value is -4.18. The number of amides is 1. The Labute approximate surface area is 202 Å². The largest absolute Gasteiger partial charge is 0.464 e. The van der Waals surface area contributed by atoms with Gasteiger partial charge in [0, 0.05) is 7.05 Å². The van der Waals surface area contributed by atoms with Crippen LogP contribution in [0, 0.1) is 0 Å². The van der Waals surface area contributed by atoms with Gasteiger partial charge in [-0.1, -0.05) is 48.5 Å². The van der Waals surface area contributed by atoms with Gasteiger partial charge < -0.3 is 29.5 Å². The minimum atomic E-state index is -1.56. The fourth-order valence-electron chi connectivity index (χ4n) is 3.38. The lowest BCUT2D eigenvalue weighted by Crippen LogP contribution is -2.59. The molecule has 184 valence electrons. The molecule has 1 heterocycles. The summed E-state index contributed by atoms with van der Waals surface area (Å²) in [6.45, 7) is 3.30. The first-order valence-corrected chi connectivity index (χ1v) is 10.7. The molecule has 0 fully saturated rings. The van der Waals surface area contributed by atoms with Crippen molar-refractivity contribution in [3.63, 3.8) is 0 Å². The highest BCUT2D eigenvalue weighted by molar-refractivity contribution is 6.01. The maximum atomic E-state index is 12.6. The first kappa shape index (κ1) is 25.4. The molecule has 0 radical (unpaired) electrons. The highest BCUT2D eigenvalue weighted by Gasteiger charge is 2.41. The number of methoxy groups -OCH3 is 1. The molecule has 2 N–H and O–H groups in total. The van der Waals surface area contributed by atoms with Crippen LogP contribution in [-0.2, 0) is 25.6 Å². The number of hydrogen-bond donors (Lipinski definition) is 2. The summed E-state index contributed by atoms with van der Waals surface area (Å²) in [4.78, 5) is 43.1. The quantitative estimate of drug-likeness (QED) is 0.456. The van der Waals surface area contributed by atoms with E-state index in [1.165, 1.54) is 24.1 Å². The number of amidine groups is 1. The molecular weight excluding hydrogens is 454 g/mol. The molecule has 0 aliphatic carbocycles. The average Bonchev–Trinajstić information content (AvgIpc) is 2.86. The van der Waals surface area contributed by atoms with Crippen LogP contribution in [0.1, 0.15) is 29.8 Å². The lowest BCUT2D eigenvalue weighted by atomic mass is 10.0. The molecule has 1 unspecified atom stereocenters. The number of benzene rings is 2. The molecule has 0 aromatic heterocycles. The van der Waals surface area contributed by atoms with E-state index in [1.807, 2.05) is 30.3 Å². The van der Waals surface area contributed by atoms with Crippen molar-refractivity contribution >= 4 is 23.9 Å². The maximum Gasteiger partial charge on any atom is 0.408 e.